The molecule has 7 nitrogen and oxygen atoms in total. The first kappa shape index (κ1) is 14.1. The molecule has 0 saturated carbocycles. The SMILES string of the molecule is CC(=O)OC(=O)C1CC(N)(C[n+]2ccccc2)C(=O)N1. The van der Waals surface area contributed by atoms with Crippen molar-refractivity contribution in [3.8, 4) is 0 Å². The van der Waals surface area contributed by atoms with E-state index in [1.165, 1.54) is 0 Å². The van der Waals surface area contributed by atoms with Crippen LogP contribution in [0.3, 0.4) is 0 Å². The summed E-state index contributed by atoms with van der Waals surface area (Å²) < 4.78 is 6.23. The highest BCUT2D eigenvalue weighted by Gasteiger charge is 2.49. The van der Waals surface area contributed by atoms with Crippen molar-refractivity contribution in [3.05, 3.63) is 30.6 Å². The maximum absolute atomic E-state index is 12.0. The van der Waals surface area contributed by atoms with Gasteiger partial charge in [0, 0.05) is 25.5 Å². The zero-order valence-electron chi connectivity index (χ0n) is 11.0. The van der Waals surface area contributed by atoms with Gasteiger partial charge < -0.3 is 15.8 Å². The van der Waals surface area contributed by atoms with E-state index in [0.717, 1.165) is 6.92 Å². The second kappa shape index (κ2) is 5.38. The Morgan fingerprint density at radius 3 is 2.70 bits per heavy atom. The van der Waals surface area contributed by atoms with E-state index in [1.807, 2.05) is 18.2 Å². The average molecular weight is 278 g/mol. The van der Waals surface area contributed by atoms with Crippen molar-refractivity contribution < 1.29 is 23.7 Å². The van der Waals surface area contributed by atoms with Gasteiger partial charge in [-0.15, -0.1) is 0 Å². The molecule has 2 rings (SSSR count). The van der Waals surface area contributed by atoms with Gasteiger partial charge in [0.1, 0.15) is 6.04 Å². The van der Waals surface area contributed by atoms with Crippen molar-refractivity contribution in [1.82, 2.24) is 5.32 Å². The molecule has 1 amide bonds. The molecule has 1 aliphatic rings. The van der Waals surface area contributed by atoms with Gasteiger partial charge in [0.05, 0.1) is 0 Å². The molecule has 3 N–H and O–H groups in total. The number of nitrogens with two attached hydrogens (primary N) is 1. The van der Waals surface area contributed by atoms with Gasteiger partial charge in [0.25, 0.3) is 0 Å². The predicted octanol–water partition coefficient (Wildman–Crippen LogP) is -1.35. The molecule has 1 aromatic heterocycles. The van der Waals surface area contributed by atoms with E-state index in [2.05, 4.69) is 10.1 Å². The molecule has 0 radical (unpaired) electrons. The summed E-state index contributed by atoms with van der Waals surface area (Å²) in [5, 5.41) is 2.47. The van der Waals surface area contributed by atoms with Gasteiger partial charge in [0.15, 0.2) is 24.5 Å². The number of hydrogen-bond acceptors (Lipinski definition) is 5. The Bertz CT molecular complexity index is 546. The fourth-order valence-corrected chi connectivity index (χ4v) is 2.17. The Labute approximate surface area is 115 Å². The number of carbonyl (C=O) groups excluding carboxylic acids is 3. The fourth-order valence-electron chi connectivity index (χ4n) is 2.17. The van der Waals surface area contributed by atoms with Crippen LogP contribution in [0.5, 0.6) is 0 Å². The van der Waals surface area contributed by atoms with E-state index in [4.69, 9.17) is 5.73 Å². The van der Waals surface area contributed by atoms with Crippen LogP contribution in [0.25, 0.3) is 0 Å². The first-order chi connectivity index (χ1) is 9.40. The number of carbonyl (C=O) groups is 3. The Balaban J connectivity index is 2.08. The summed E-state index contributed by atoms with van der Waals surface area (Å²) in [4.78, 5) is 34.3. The van der Waals surface area contributed by atoms with Crippen LogP contribution in [0.1, 0.15) is 13.3 Å². The van der Waals surface area contributed by atoms with Gasteiger partial charge in [-0.3, -0.25) is 9.59 Å². The van der Waals surface area contributed by atoms with Crippen LogP contribution >= 0.6 is 0 Å². The number of aromatic nitrogens is 1. The van der Waals surface area contributed by atoms with Gasteiger partial charge in [0.2, 0.25) is 5.91 Å². The van der Waals surface area contributed by atoms with Crippen LogP contribution in [-0.4, -0.2) is 29.4 Å². The molecule has 0 aromatic carbocycles. The summed E-state index contributed by atoms with van der Waals surface area (Å²) in [7, 11) is 0. The summed E-state index contributed by atoms with van der Waals surface area (Å²) in [6.45, 7) is 1.37. The molecule has 1 aliphatic heterocycles. The third-order valence-electron chi connectivity index (χ3n) is 3.10. The summed E-state index contributed by atoms with van der Waals surface area (Å²) in [6, 6.07) is 4.59. The minimum absolute atomic E-state index is 0.0832. The fraction of sp³-hybridized carbons (Fsp3) is 0.385. The van der Waals surface area contributed by atoms with Gasteiger partial charge >= 0.3 is 11.9 Å². The van der Waals surface area contributed by atoms with Crippen molar-refractivity contribution in [2.24, 2.45) is 5.73 Å². The molecule has 7 heteroatoms. The number of nitrogens with one attached hydrogen (secondary N) is 1. The van der Waals surface area contributed by atoms with Crippen LogP contribution in [0.4, 0.5) is 0 Å². The topological polar surface area (TPSA) is 102 Å². The molecule has 106 valence electrons. The van der Waals surface area contributed by atoms with Gasteiger partial charge in [-0.25, -0.2) is 9.36 Å². The molecule has 0 bridgehead atoms. The maximum Gasteiger partial charge on any atom is 0.336 e. The molecule has 0 spiro atoms. The zero-order valence-corrected chi connectivity index (χ0v) is 11.0. The molecule has 1 aromatic rings. The first-order valence-electron chi connectivity index (χ1n) is 6.17. The van der Waals surface area contributed by atoms with Crippen LogP contribution in [0.2, 0.25) is 0 Å². The van der Waals surface area contributed by atoms with Crippen LogP contribution in [0, 0.1) is 0 Å². The second-order valence-electron chi connectivity index (χ2n) is 4.85. The highest BCUT2D eigenvalue weighted by atomic mass is 16.6. The molecule has 20 heavy (non-hydrogen) atoms. The van der Waals surface area contributed by atoms with E-state index in [9.17, 15) is 14.4 Å². The Morgan fingerprint density at radius 1 is 1.45 bits per heavy atom. The molecule has 2 unspecified atom stereocenters. The van der Waals surface area contributed by atoms with Crippen LogP contribution < -0.4 is 15.6 Å². The highest BCUT2D eigenvalue weighted by molar-refractivity contribution is 5.97. The first-order valence-corrected chi connectivity index (χ1v) is 6.17. The zero-order chi connectivity index (χ0) is 14.8. The second-order valence-corrected chi connectivity index (χ2v) is 4.85. The number of pyridine rings is 1. The molecule has 1 fully saturated rings. The summed E-state index contributed by atoms with van der Waals surface area (Å²) in [5.41, 5.74) is 4.87. The van der Waals surface area contributed by atoms with E-state index < -0.39 is 29.4 Å². The molecule has 0 aliphatic carbocycles. The quantitative estimate of drug-likeness (QED) is 0.404. The Hall–Kier alpha value is -2.28. The molecular formula is C13H16N3O4+. The number of ether oxygens (including phenoxy) is 1. The van der Waals surface area contributed by atoms with Gasteiger partial charge in [-0.1, -0.05) is 6.07 Å². The lowest BCUT2D eigenvalue weighted by Crippen LogP contribution is -2.57. The van der Waals surface area contributed by atoms with Crippen molar-refractivity contribution in [3.63, 3.8) is 0 Å². The van der Waals surface area contributed by atoms with E-state index in [0.29, 0.717) is 0 Å². The monoisotopic (exact) mass is 278 g/mol. The lowest BCUT2D eigenvalue weighted by atomic mass is 9.96. The maximum atomic E-state index is 12.0. The number of amides is 1. The van der Waals surface area contributed by atoms with Gasteiger partial charge in [-0.2, -0.15) is 0 Å². The third-order valence-corrected chi connectivity index (χ3v) is 3.10. The Morgan fingerprint density at radius 2 is 2.10 bits per heavy atom. The van der Waals surface area contributed by atoms with Crippen molar-refractivity contribution in [2.75, 3.05) is 0 Å². The van der Waals surface area contributed by atoms with Gasteiger partial charge in [-0.05, 0) is 0 Å². The van der Waals surface area contributed by atoms with E-state index in [-0.39, 0.29) is 13.0 Å². The minimum Gasteiger partial charge on any atom is -0.392 e. The molecule has 2 heterocycles. The third kappa shape index (κ3) is 3.00. The number of hydrogen-bond donors (Lipinski definition) is 2. The normalized spacial score (nSPS) is 25.1. The molecular weight excluding hydrogens is 262 g/mol. The summed E-state index contributed by atoms with van der Waals surface area (Å²) >= 11 is 0. The van der Waals surface area contributed by atoms with Crippen LogP contribution in [0.15, 0.2) is 30.6 Å². The van der Waals surface area contributed by atoms with E-state index >= 15 is 0 Å². The lowest BCUT2D eigenvalue weighted by Gasteiger charge is -2.16. The lowest BCUT2D eigenvalue weighted by molar-refractivity contribution is -0.701. The molecule has 1 saturated heterocycles. The highest BCUT2D eigenvalue weighted by Crippen LogP contribution is 2.19. The summed E-state index contributed by atoms with van der Waals surface area (Å²) in [6.07, 6.45) is 3.64. The predicted molar refractivity (Wildman–Crippen MR) is 66.9 cm³/mol. The summed E-state index contributed by atoms with van der Waals surface area (Å²) in [5.74, 6) is -1.92. The number of rotatable bonds is 3. The number of nitrogens with zero attached hydrogens (tertiary/aromatic N) is 1. The van der Waals surface area contributed by atoms with E-state index in [1.54, 1.807) is 17.0 Å². The molecule has 2 atom stereocenters. The standard InChI is InChI=1S/C13H15N3O4/c1-9(17)20-11(18)10-7-13(14,12(19)15-10)8-16-5-3-2-4-6-16/h2-6,10H,7-8,14H2,1H3/p+1. The Kier molecular flexibility index (Phi) is 3.80. The minimum atomic E-state index is -1.20. The number of esters is 2. The average Bonchev–Trinajstić information content (AvgIpc) is 2.66. The van der Waals surface area contributed by atoms with Crippen molar-refractivity contribution >= 4 is 17.8 Å². The smallest absolute Gasteiger partial charge is 0.336 e. The van der Waals surface area contributed by atoms with Crippen molar-refractivity contribution in [2.45, 2.75) is 31.5 Å². The van der Waals surface area contributed by atoms with Crippen molar-refractivity contribution in [1.29, 1.82) is 0 Å². The largest absolute Gasteiger partial charge is 0.392 e. The van der Waals surface area contributed by atoms with Crippen LogP contribution in [-0.2, 0) is 25.7 Å².